The molecule has 2 aromatic heterocycles. The highest BCUT2D eigenvalue weighted by molar-refractivity contribution is 7.18. The Balaban J connectivity index is 1.83. The van der Waals surface area contributed by atoms with Crippen molar-refractivity contribution in [3.05, 3.63) is 57.5 Å². The number of hydrogen-bond donors (Lipinski definition) is 2. The Labute approximate surface area is 153 Å². The van der Waals surface area contributed by atoms with Crippen LogP contribution in [-0.4, -0.2) is 33.2 Å². The van der Waals surface area contributed by atoms with Crippen LogP contribution in [0.3, 0.4) is 0 Å². The van der Waals surface area contributed by atoms with Crippen molar-refractivity contribution >= 4 is 39.1 Å². The number of carbonyl (C=O) groups excluding carboxylic acids is 2. The van der Waals surface area contributed by atoms with E-state index in [1.165, 1.54) is 18.3 Å². The third-order valence-electron chi connectivity index (χ3n) is 3.79. The second kappa shape index (κ2) is 7.49. The number of rotatable bonds is 5. The van der Waals surface area contributed by atoms with Crippen LogP contribution in [0.1, 0.15) is 29.3 Å². The van der Waals surface area contributed by atoms with Gasteiger partial charge in [0.2, 0.25) is 5.91 Å². The summed E-state index contributed by atoms with van der Waals surface area (Å²) in [6.07, 6.45) is 0. The molecule has 8 heteroatoms. The number of H-pyrrole nitrogens is 1. The maximum absolute atomic E-state index is 12.7. The number of nitrogens with zero attached hydrogens (tertiary/aromatic N) is 2. The van der Waals surface area contributed by atoms with Crippen LogP contribution in [0.2, 0.25) is 0 Å². The maximum Gasteiger partial charge on any atom is 0.264 e. The molecule has 0 aliphatic rings. The molecule has 0 radical (unpaired) electrons. The summed E-state index contributed by atoms with van der Waals surface area (Å²) in [5.41, 5.74) is 0.372. The summed E-state index contributed by atoms with van der Waals surface area (Å²) in [4.78, 5) is 45.3. The van der Waals surface area contributed by atoms with Gasteiger partial charge in [-0.05, 0) is 31.2 Å². The number of carbonyl (C=O) groups is 2. The molecule has 0 saturated carbocycles. The largest absolute Gasteiger partial charge is 0.331 e. The highest BCUT2D eigenvalue weighted by Crippen LogP contribution is 2.23. The molecule has 0 spiro atoms. The van der Waals surface area contributed by atoms with Crippen molar-refractivity contribution in [1.82, 2.24) is 14.9 Å². The van der Waals surface area contributed by atoms with Crippen LogP contribution in [-0.2, 0) is 11.3 Å². The van der Waals surface area contributed by atoms with E-state index >= 15 is 0 Å². The first kappa shape index (κ1) is 17.8. The second-order valence-corrected chi connectivity index (χ2v) is 6.78. The summed E-state index contributed by atoms with van der Waals surface area (Å²) in [6, 6.07) is 10.5. The SMILES string of the molecule is CCN(Cc1nc2ccccc2c(=O)[nH]1)C(=O)c1ccc(NC(C)=O)s1. The van der Waals surface area contributed by atoms with Crippen LogP contribution in [0.25, 0.3) is 10.9 Å². The Kier molecular flexibility index (Phi) is 5.13. The zero-order valence-corrected chi connectivity index (χ0v) is 15.2. The molecule has 7 nitrogen and oxygen atoms in total. The quantitative estimate of drug-likeness (QED) is 0.722. The predicted octanol–water partition coefficient (Wildman–Crippen LogP) is 2.61. The third-order valence-corrected chi connectivity index (χ3v) is 4.78. The molecule has 0 bridgehead atoms. The van der Waals surface area contributed by atoms with Crippen LogP contribution >= 0.6 is 11.3 Å². The van der Waals surface area contributed by atoms with Gasteiger partial charge in [0.15, 0.2) is 0 Å². The van der Waals surface area contributed by atoms with Crippen LogP contribution < -0.4 is 10.9 Å². The number of thiophene rings is 1. The number of para-hydroxylation sites is 1. The van der Waals surface area contributed by atoms with Crippen molar-refractivity contribution in [3.63, 3.8) is 0 Å². The van der Waals surface area contributed by atoms with E-state index in [1.54, 1.807) is 35.2 Å². The normalized spacial score (nSPS) is 10.7. The number of benzene rings is 1. The van der Waals surface area contributed by atoms with Crippen molar-refractivity contribution in [2.45, 2.75) is 20.4 Å². The molecular weight excluding hydrogens is 352 g/mol. The molecule has 2 amide bonds. The Morgan fingerprint density at radius 3 is 2.73 bits per heavy atom. The first-order chi connectivity index (χ1) is 12.5. The fourth-order valence-electron chi connectivity index (χ4n) is 2.57. The molecule has 26 heavy (non-hydrogen) atoms. The van der Waals surface area contributed by atoms with Crippen molar-refractivity contribution in [1.29, 1.82) is 0 Å². The van der Waals surface area contributed by atoms with Crippen molar-refractivity contribution < 1.29 is 9.59 Å². The van der Waals surface area contributed by atoms with Gasteiger partial charge in [-0.2, -0.15) is 0 Å². The van der Waals surface area contributed by atoms with Gasteiger partial charge in [0.1, 0.15) is 5.82 Å². The van der Waals surface area contributed by atoms with Gasteiger partial charge in [0, 0.05) is 13.5 Å². The van der Waals surface area contributed by atoms with E-state index in [9.17, 15) is 14.4 Å². The minimum Gasteiger partial charge on any atom is -0.331 e. The zero-order chi connectivity index (χ0) is 18.7. The number of aromatic nitrogens is 2. The molecule has 0 aliphatic carbocycles. The minimum atomic E-state index is -0.224. The molecular formula is C18H18N4O3S. The Morgan fingerprint density at radius 2 is 2.00 bits per heavy atom. The van der Waals surface area contributed by atoms with Crippen LogP contribution in [0, 0.1) is 0 Å². The number of amides is 2. The fourth-order valence-corrected chi connectivity index (χ4v) is 3.49. The van der Waals surface area contributed by atoms with E-state index in [0.29, 0.717) is 33.2 Å². The standard InChI is InChI=1S/C18H18N4O3S/c1-3-22(18(25)14-8-9-16(26-14)19-11(2)23)10-15-20-13-7-5-4-6-12(13)17(24)21-15/h4-9H,3,10H2,1-2H3,(H,19,23)(H,20,21,24). The number of hydrogen-bond acceptors (Lipinski definition) is 5. The molecule has 3 aromatic rings. The monoisotopic (exact) mass is 370 g/mol. The summed E-state index contributed by atoms with van der Waals surface area (Å²) in [5.74, 6) is 0.0728. The van der Waals surface area contributed by atoms with Gasteiger partial charge in [0.25, 0.3) is 11.5 Å². The lowest BCUT2D eigenvalue weighted by molar-refractivity contribution is -0.114. The third kappa shape index (κ3) is 3.80. The van der Waals surface area contributed by atoms with Gasteiger partial charge in [-0.15, -0.1) is 11.3 Å². The van der Waals surface area contributed by atoms with Crippen LogP contribution in [0.15, 0.2) is 41.2 Å². The molecule has 0 atom stereocenters. The van der Waals surface area contributed by atoms with Crippen LogP contribution in [0.5, 0.6) is 0 Å². The smallest absolute Gasteiger partial charge is 0.264 e. The summed E-state index contributed by atoms with van der Waals surface area (Å²) >= 11 is 1.21. The zero-order valence-electron chi connectivity index (χ0n) is 14.4. The second-order valence-electron chi connectivity index (χ2n) is 5.69. The van der Waals surface area contributed by atoms with Crippen molar-refractivity contribution in [2.75, 3.05) is 11.9 Å². The Hall–Kier alpha value is -3.00. The van der Waals surface area contributed by atoms with Gasteiger partial charge in [0.05, 0.1) is 27.3 Å². The van der Waals surface area contributed by atoms with Gasteiger partial charge in [-0.3, -0.25) is 14.4 Å². The van der Waals surface area contributed by atoms with Gasteiger partial charge in [-0.25, -0.2) is 4.98 Å². The van der Waals surface area contributed by atoms with E-state index in [2.05, 4.69) is 15.3 Å². The van der Waals surface area contributed by atoms with E-state index in [4.69, 9.17) is 0 Å². The molecule has 2 N–H and O–H groups in total. The summed E-state index contributed by atoms with van der Waals surface area (Å²) in [7, 11) is 0. The summed E-state index contributed by atoms with van der Waals surface area (Å²) in [6.45, 7) is 3.94. The van der Waals surface area contributed by atoms with Gasteiger partial charge < -0.3 is 15.2 Å². The van der Waals surface area contributed by atoms with Crippen LogP contribution in [0.4, 0.5) is 5.00 Å². The van der Waals surface area contributed by atoms with Gasteiger partial charge in [-0.1, -0.05) is 12.1 Å². The first-order valence-electron chi connectivity index (χ1n) is 8.12. The fraction of sp³-hybridized carbons (Fsp3) is 0.222. The summed E-state index contributed by atoms with van der Waals surface area (Å²) < 4.78 is 0. The number of nitrogens with one attached hydrogen (secondary N) is 2. The predicted molar refractivity (Wildman–Crippen MR) is 101 cm³/mol. The van der Waals surface area contributed by atoms with E-state index < -0.39 is 0 Å². The minimum absolute atomic E-state index is 0.176. The topological polar surface area (TPSA) is 95.2 Å². The van der Waals surface area contributed by atoms with Gasteiger partial charge >= 0.3 is 0 Å². The lowest BCUT2D eigenvalue weighted by Gasteiger charge is -2.19. The average Bonchev–Trinajstić information content (AvgIpc) is 3.07. The number of anilines is 1. The van der Waals surface area contributed by atoms with E-state index in [0.717, 1.165) is 0 Å². The molecule has 2 heterocycles. The molecule has 0 unspecified atom stereocenters. The average molecular weight is 370 g/mol. The number of fused-ring (bicyclic) bond motifs is 1. The molecule has 134 valence electrons. The van der Waals surface area contributed by atoms with Crippen molar-refractivity contribution in [2.24, 2.45) is 0 Å². The molecule has 0 saturated heterocycles. The number of aromatic amines is 1. The molecule has 3 rings (SSSR count). The lowest BCUT2D eigenvalue weighted by Crippen LogP contribution is -2.31. The maximum atomic E-state index is 12.7. The molecule has 0 fully saturated rings. The Morgan fingerprint density at radius 1 is 1.23 bits per heavy atom. The highest BCUT2D eigenvalue weighted by atomic mass is 32.1. The van der Waals surface area contributed by atoms with E-state index in [1.807, 2.05) is 13.0 Å². The highest BCUT2D eigenvalue weighted by Gasteiger charge is 2.18. The Bertz CT molecular complexity index is 1020. The summed E-state index contributed by atoms with van der Waals surface area (Å²) in [5, 5.41) is 3.80. The molecule has 0 aliphatic heterocycles. The first-order valence-corrected chi connectivity index (χ1v) is 8.94. The lowest BCUT2D eigenvalue weighted by atomic mass is 10.2. The van der Waals surface area contributed by atoms with Crippen molar-refractivity contribution in [3.8, 4) is 0 Å². The van der Waals surface area contributed by atoms with E-state index in [-0.39, 0.29) is 23.9 Å². The molecule has 1 aromatic carbocycles.